The number of aromatic nitrogens is 1. The van der Waals surface area contributed by atoms with E-state index >= 15 is 0 Å². The summed E-state index contributed by atoms with van der Waals surface area (Å²) in [6.07, 6.45) is 0. The summed E-state index contributed by atoms with van der Waals surface area (Å²) in [6.45, 7) is 0.497. The van der Waals surface area contributed by atoms with Crippen molar-refractivity contribution in [2.45, 2.75) is 6.54 Å². The number of carbonyl (C=O) groups excluding carboxylic acids is 1. The molecule has 0 spiro atoms. The minimum atomic E-state index is -0.175. The van der Waals surface area contributed by atoms with Gasteiger partial charge in [-0.2, -0.15) is 0 Å². The monoisotopic (exact) mass is 338 g/mol. The molecular weight excluding hydrogens is 328 g/mol. The highest BCUT2D eigenvalue weighted by atomic mass is 35.5. The van der Waals surface area contributed by atoms with E-state index in [4.69, 9.17) is 16.1 Å². The van der Waals surface area contributed by atoms with Crippen molar-refractivity contribution < 1.29 is 9.32 Å². The molecule has 3 heterocycles. The van der Waals surface area contributed by atoms with Gasteiger partial charge in [-0.1, -0.05) is 22.8 Å². The summed E-state index contributed by atoms with van der Waals surface area (Å²) in [6, 6.07) is 9.26. The van der Waals surface area contributed by atoms with E-state index in [0.717, 1.165) is 9.75 Å². The first-order chi connectivity index (χ1) is 10.1. The predicted molar refractivity (Wildman–Crippen MR) is 84.9 cm³/mol. The molecule has 21 heavy (non-hydrogen) atoms. The topological polar surface area (TPSA) is 46.3 Å². The molecule has 0 radical (unpaired) electrons. The smallest absolute Gasteiger partial charge is 0.276 e. The molecule has 3 rings (SSSR count). The lowest BCUT2D eigenvalue weighted by molar-refractivity contribution is 0.0776. The molecule has 0 aliphatic rings. The van der Waals surface area contributed by atoms with Crippen LogP contribution in [-0.4, -0.2) is 23.0 Å². The summed E-state index contributed by atoms with van der Waals surface area (Å²) in [4.78, 5) is 15.9. The molecule has 108 valence electrons. The van der Waals surface area contributed by atoms with Crippen molar-refractivity contribution in [1.82, 2.24) is 10.1 Å². The van der Waals surface area contributed by atoms with Crippen LogP contribution in [0.2, 0.25) is 4.34 Å². The molecule has 0 aromatic carbocycles. The molecule has 0 saturated carbocycles. The second-order valence-electron chi connectivity index (χ2n) is 4.42. The number of amides is 1. The molecule has 0 N–H and O–H groups in total. The van der Waals surface area contributed by atoms with E-state index in [0.29, 0.717) is 22.3 Å². The minimum absolute atomic E-state index is 0.175. The van der Waals surface area contributed by atoms with Crippen molar-refractivity contribution >= 4 is 40.2 Å². The van der Waals surface area contributed by atoms with E-state index < -0.39 is 0 Å². The third-order valence-corrected chi connectivity index (χ3v) is 4.96. The standard InChI is InChI=1S/C14H11ClN2O2S2/c1-17(8-9-4-5-13(15)21-9)14(18)10-7-11(19-16-10)12-3-2-6-20-12/h2-7H,8H2,1H3. The summed E-state index contributed by atoms with van der Waals surface area (Å²) in [5, 5.41) is 5.81. The predicted octanol–water partition coefficient (Wildman–Crippen LogP) is 4.39. The van der Waals surface area contributed by atoms with Crippen LogP contribution >= 0.6 is 34.3 Å². The van der Waals surface area contributed by atoms with Gasteiger partial charge in [0.2, 0.25) is 0 Å². The Labute approximate surface area is 134 Å². The maximum atomic E-state index is 12.3. The van der Waals surface area contributed by atoms with Gasteiger partial charge >= 0.3 is 0 Å². The molecule has 0 atom stereocenters. The van der Waals surface area contributed by atoms with Crippen LogP contribution in [-0.2, 0) is 6.54 Å². The van der Waals surface area contributed by atoms with E-state index in [-0.39, 0.29) is 5.91 Å². The van der Waals surface area contributed by atoms with Gasteiger partial charge in [-0.05, 0) is 23.6 Å². The highest BCUT2D eigenvalue weighted by molar-refractivity contribution is 7.16. The van der Waals surface area contributed by atoms with Crippen LogP contribution in [0.15, 0.2) is 40.2 Å². The van der Waals surface area contributed by atoms with Gasteiger partial charge in [0.1, 0.15) is 0 Å². The zero-order valence-electron chi connectivity index (χ0n) is 11.1. The Morgan fingerprint density at radius 2 is 2.29 bits per heavy atom. The van der Waals surface area contributed by atoms with Gasteiger partial charge < -0.3 is 9.42 Å². The molecule has 0 fully saturated rings. The minimum Gasteiger partial charge on any atom is -0.355 e. The maximum Gasteiger partial charge on any atom is 0.276 e. The third-order valence-electron chi connectivity index (χ3n) is 2.86. The molecule has 7 heteroatoms. The van der Waals surface area contributed by atoms with Crippen LogP contribution in [0.5, 0.6) is 0 Å². The molecule has 0 aliphatic carbocycles. The summed E-state index contributed by atoms with van der Waals surface area (Å²) in [5.74, 6) is 0.437. The Hall–Kier alpha value is -1.63. The van der Waals surface area contributed by atoms with Crippen molar-refractivity contribution in [1.29, 1.82) is 0 Å². The Balaban J connectivity index is 1.72. The molecule has 0 saturated heterocycles. The van der Waals surface area contributed by atoms with Crippen molar-refractivity contribution in [2.75, 3.05) is 7.05 Å². The fourth-order valence-corrected chi connectivity index (χ4v) is 3.66. The maximum absolute atomic E-state index is 12.3. The fraction of sp³-hybridized carbons (Fsp3) is 0.143. The van der Waals surface area contributed by atoms with E-state index in [2.05, 4.69) is 5.16 Å². The number of nitrogens with zero attached hydrogens (tertiary/aromatic N) is 2. The van der Waals surface area contributed by atoms with E-state index in [1.807, 2.05) is 29.6 Å². The van der Waals surface area contributed by atoms with Crippen LogP contribution < -0.4 is 0 Å². The number of carbonyl (C=O) groups is 1. The van der Waals surface area contributed by atoms with Crippen LogP contribution in [0.1, 0.15) is 15.4 Å². The quantitative estimate of drug-likeness (QED) is 0.708. The second-order valence-corrected chi connectivity index (χ2v) is 7.17. The van der Waals surface area contributed by atoms with Gasteiger partial charge in [0.25, 0.3) is 5.91 Å². The molecule has 3 aromatic rings. The highest BCUT2D eigenvalue weighted by Crippen LogP contribution is 2.26. The van der Waals surface area contributed by atoms with E-state index in [1.54, 1.807) is 29.4 Å². The average Bonchev–Trinajstić information content (AvgIpc) is 3.18. The van der Waals surface area contributed by atoms with Crippen molar-refractivity contribution in [3.05, 3.63) is 50.6 Å². The summed E-state index contributed by atoms with van der Waals surface area (Å²) in [5.41, 5.74) is 0.309. The first-order valence-corrected chi connectivity index (χ1v) is 8.21. The summed E-state index contributed by atoms with van der Waals surface area (Å²) in [7, 11) is 1.73. The van der Waals surface area contributed by atoms with E-state index in [9.17, 15) is 4.79 Å². The summed E-state index contributed by atoms with van der Waals surface area (Å²) < 4.78 is 5.94. The van der Waals surface area contributed by atoms with Crippen LogP contribution in [0.25, 0.3) is 10.6 Å². The number of thiophene rings is 2. The SMILES string of the molecule is CN(Cc1ccc(Cl)s1)C(=O)c1cc(-c2cccs2)on1. The molecule has 1 amide bonds. The summed E-state index contributed by atoms with van der Waals surface area (Å²) >= 11 is 8.89. The average molecular weight is 339 g/mol. The Morgan fingerprint density at radius 3 is 2.95 bits per heavy atom. The lowest BCUT2D eigenvalue weighted by Crippen LogP contribution is -2.26. The molecule has 0 unspecified atom stereocenters. The van der Waals surface area contributed by atoms with Crippen molar-refractivity contribution in [2.24, 2.45) is 0 Å². The Morgan fingerprint density at radius 1 is 1.43 bits per heavy atom. The number of hydrogen-bond acceptors (Lipinski definition) is 5. The number of halogens is 1. The van der Waals surface area contributed by atoms with Crippen LogP contribution in [0.4, 0.5) is 0 Å². The van der Waals surface area contributed by atoms with Crippen LogP contribution in [0, 0.1) is 0 Å². The van der Waals surface area contributed by atoms with Crippen molar-refractivity contribution in [3.8, 4) is 10.6 Å². The zero-order chi connectivity index (χ0) is 14.8. The first-order valence-electron chi connectivity index (χ1n) is 6.14. The zero-order valence-corrected chi connectivity index (χ0v) is 13.5. The fourth-order valence-electron chi connectivity index (χ4n) is 1.85. The van der Waals surface area contributed by atoms with Gasteiger partial charge in [0, 0.05) is 18.0 Å². The van der Waals surface area contributed by atoms with Crippen LogP contribution in [0.3, 0.4) is 0 Å². The normalized spacial score (nSPS) is 10.8. The molecule has 0 bridgehead atoms. The lowest BCUT2D eigenvalue weighted by atomic mass is 10.3. The van der Waals surface area contributed by atoms with Gasteiger partial charge in [-0.15, -0.1) is 22.7 Å². The molecule has 3 aromatic heterocycles. The van der Waals surface area contributed by atoms with Gasteiger partial charge in [0.15, 0.2) is 11.5 Å². The number of rotatable bonds is 4. The highest BCUT2D eigenvalue weighted by Gasteiger charge is 2.18. The lowest BCUT2D eigenvalue weighted by Gasteiger charge is -2.13. The largest absolute Gasteiger partial charge is 0.355 e. The molecule has 4 nitrogen and oxygen atoms in total. The van der Waals surface area contributed by atoms with Gasteiger partial charge in [0.05, 0.1) is 15.8 Å². The van der Waals surface area contributed by atoms with Gasteiger partial charge in [-0.3, -0.25) is 4.79 Å². The Kier molecular flexibility index (Phi) is 4.10. The van der Waals surface area contributed by atoms with Gasteiger partial charge in [-0.25, -0.2) is 0 Å². The molecule has 0 aliphatic heterocycles. The molecular formula is C14H11ClN2O2S2. The second kappa shape index (κ2) is 6.01. The Bertz CT molecular complexity index is 749. The third kappa shape index (κ3) is 3.18. The van der Waals surface area contributed by atoms with Crippen molar-refractivity contribution in [3.63, 3.8) is 0 Å². The first kappa shape index (κ1) is 14.3. The number of hydrogen-bond donors (Lipinski definition) is 0. The van der Waals surface area contributed by atoms with E-state index in [1.165, 1.54) is 11.3 Å².